The molecular formula is C11H24N2OS. The third kappa shape index (κ3) is 5.44. The van der Waals surface area contributed by atoms with Crippen molar-refractivity contribution in [3.63, 3.8) is 0 Å². The summed E-state index contributed by atoms with van der Waals surface area (Å²) in [5.74, 6) is 0. The Morgan fingerprint density at radius 3 is 2.27 bits per heavy atom. The van der Waals surface area contributed by atoms with Crippen molar-refractivity contribution in [2.45, 2.75) is 52.1 Å². The van der Waals surface area contributed by atoms with Gasteiger partial charge in [-0.05, 0) is 19.8 Å². The average molecular weight is 232 g/mol. The third-order valence-electron chi connectivity index (χ3n) is 2.83. The first-order valence-electron chi connectivity index (χ1n) is 5.71. The van der Waals surface area contributed by atoms with Gasteiger partial charge in [0.2, 0.25) is 0 Å². The number of nitrogens with zero attached hydrogens (tertiary/aromatic N) is 1. The molecule has 0 aliphatic rings. The van der Waals surface area contributed by atoms with Gasteiger partial charge in [-0.3, -0.25) is 4.90 Å². The van der Waals surface area contributed by atoms with Crippen LogP contribution in [-0.4, -0.2) is 40.2 Å². The summed E-state index contributed by atoms with van der Waals surface area (Å²) in [5, 5.41) is 9.05. The fraction of sp³-hybridized carbons (Fsp3) is 0.909. The Bertz CT molecular complexity index is 183. The van der Waals surface area contributed by atoms with Gasteiger partial charge in [-0.1, -0.05) is 26.1 Å². The van der Waals surface area contributed by atoms with E-state index in [1.807, 2.05) is 0 Å². The van der Waals surface area contributed by atoms with E-state index in [-0.39, 0.29) is 6.61 Å². The zero-order chi connectivity index (χ0) is 11.8. The Balaban J connectivity index is 4.40. The lowest BCUT2D eigenvalue weighted by Crippen LogP contribution is -2.44. The van der Waals surface area contributed by atoms with Crippen molar-refractivity contribution >= 4 is 17.2 Å². The summed E-state index contributed by atoms with van der Waals surface area (Å²) >= 11 is 4.92. The Hall–Kier alpha value is -0.190. The fourth-order valence-corrected chi connectivity index (χ4v) is 2.29. The quantitative estimate of drug-likeness (QED) is 0.623. The molecule has 0 saturated carbocycles. The molecule has 0 fully saturated rings. The normalized spacial score (nSPS) is 13.5. The van der Waals surface area contributed by atoms with Crippen molar-refractivity contribution in [1.29, 1.82) is 0 Å². The molecule has 4 heteroatoms. The molecule has 0 aromatic rings. The smallest absolute Gasteiger partial charge is 0.0742 e. The topological polar surface area (TPSA) is 49.5 Å². The van der Waals surface area contributed by atoms with Crippen molar-refractivity contribution in [3.05, 3.63) is 0 Å². The van der Waals surface area contributed by atoms with Crippen LogP contribution in [0.15, 0.2) is 0 Å². The van der Waals surface area contributed by atoms with Crippen LogP contribution in [0.5, 0.6) is 0 Å². The van der Waals surface area contributed by atoms with E-state index >= 15 is 0 Å². The highest BCUT2D eigenvalue weighted by Gasteiger charge is 2.20. The minimum Gasteiger partial charge on any atom is -0.395 e. The summed E-state index contributed by atoms with van der Waals surface area (Å²) in [6.07, 6.45) is 2.92. The van der Waals surface area contributed by atoms with Crippen LogP contribution >= 0.6 is 12.2 Å². The Morgan fingerprint density at radius 1 is 1.40 bits per heavy atom. The molecule has 3 nitrogen and oxygen atoms in total. The zero-order valence-corrected chi connectivity index (χ0v) is 10.9. The van der Waals surface area contributed by atoms with Gasteiger partial charge in [-0.15, -0.1) is 0 Å². The van der Waals surface area contributed by atoms with Crippen LogP contribution in [0.3, 0.4) is 0 Å². The first-order chi connectivity index (χ1) is 7.06. The van der Waals surface area contributed by atoms with Crippen LogP contribution in [-0.2, 0) is 0 Å². The van der Waals surface area contributed by atoms with Crippen molar-refractivity contribution < 1.29 is 5.11 Å². The van der Waals surface area contributed by atoms with Crippen LogP contribution in [0.25, 0.3) is 0 Å². The van der Waals surface area contributed by atoms with E-state index in [9.17, 15) is 0 Å². The van der Waals surface area contributed by atoms with Crippen LogP contribution in [0.2, 0.25) is 0 Å². The van der Waals surface area contributed by atoms with Crippen LogP contribution in [0.4, 0.5) is 0 Å². The third-order valence-corrected chi connectivity index (χ3v) is 3.00. The minimum absolute atomic E-state index is 0.193. The monoisotopic (exact) mass is 232 g/mol. The Labute approximate surface area is 98.6 Å². The molecule has 90 valence electrons. The molecule has 0 spiro atoms. The van der Waals surface area contributed by atoms with Gasteiger partial charge in [0, 0.05) is 25.0 Å². The highest BCUT2D eigenvalue weighted by Crippen LogP contribution is 2.14. The van der Waals surface area contributed by atoms with Gasteiger partial charge in [0.15, 0.2) is 0 Å². The molecule has 0 aromatic heterocycles. The lowest BCUT2D eigenvalue weighted by atomic mass is 10.1. The standard InChI is InChI=1S/C11H24N2OS/c1-4-10(5-2)13(6-7-14)9(3)8-11(12)15/h9-10,14H,4-8H2,1-3H3,(H2,12,15). The number of nitrogens with two attached hydrogens (primary N) is 1. The summed E-state index contributed by atoms with van der Waals surface area (Å²) < 4.78 is 0. The molecule has 0 bridgehead atoms. The number of hydrogen-bond acceptors (Lipinski definition) is 3. The largest absolute Gasteiger partial charge is 0.395 e. The van der Waals surface area contributed by atoms with Crippen molar-refractivity contribution in [2.75, 3.05) is 13.2 Å². The van der Waals surface area contributed by atoms with Crippen LogP contribution in [0, 0.1) is 0 Å². The van der Waals surface area contributed by atoms with Gasteiger partial charge in [0.1, 0.15) is 0 Å². The van der Waals surface area contributed by atoms with Crippen molar-refractivity contribution in [2.24, 2.45) is 5.73 Å². The average Bonchev–Trinajstić information content (AvgIpc) is 2.17. The summed E-state index contributed by atoms with van der Waals surface area (Å²) in [4.78, 5) is 2.86. The SMILES string of the molecule is CCC(CC)N(CCO)C(C)CC(N)=S. The summed E-state index contributed by atoms with van der Waals surface area (Å²) in [7, 11) is 0. The van der Waals surface area contributed by atoms with Crippen LogP contribution in [0.1, 0.15) is 40.0 Å². The number of thiocarbonyl (C=S) groups is 1. The predicted octanol–water partition coefficient (Wildman–Crippen LogP) is 1.53. The molecule has 0 aliphatic heterocycles. The van der Waals surface area contributed by atoms with E-state index in [4.69, 9.17) is 23.1 Å². The molecule has 1 unspecified atom stereocenters. The molecule has 0 amide bonds. The second-order valence-corrected chi connectivity index (χ2v) is 4.48. The molecule has 0 radical (unpaired) electrons. The van der Waals surface area contributed by atoms with Crippen LogP contribution < -0.4 is 5.73 Å². The molecular weight excluding hydrogens is 208 g/mol. The lowest BCUT2D eigenvalue weighted by Gasteiger charge is -2.35. The summed E-state index contributed by atoms with van der Waals surface area (Å²) in [6, 6.07) is 0.834. The second-order valence-electron chi connectivity index (χ2n) is 3.95. The van der Waals surface area contributed by atoms with E-state index in [0.29, 0.717) is 23.6 Å². The summed E-state index contributed by atoms with van der Waals surface area (Å²) in [5.41, 5.74) is 5.55. The van der Waals surface area contributed by atoms with Gasteiger partial charge in [0.25, 0.3) is 0 Å². The first-order valence-corrected chi connectivity index (χ1v) is 6.12. The number of hydrogen-bond donors (Lipinski definition) is 2. The zero-order valence-electron chi connectivity index (χ0n) is 10.1. The molecule has 0 aromatic carbocycles. The van der Waals surface area contributed by atoms with Gasteiger partial charge < -0.3 is 10.8 Å². The highest BCUT2D eigenvalue weighted by molar-refractivity contribution is 7.80. The summed E-state index contributed by atoms with van der Waals surface area (Å²) in [6.45, 7) is 7.36. The van der Waals surface area contributed by atoms with Gasteiger partial charge in [0.05, 0.1) is 11.6 Å². The van der Waals surface area contributed by atoms with Gasteiger partial charge >= 0.3 is 0 Å². The van der Waals surface area contributed by atoms with E-state index in [1.165, 1.54) is 0 Å². The molecule has 0 rings (SSSR count). The van der Waals surface area contributed by atoms with Crippen molar-refractivity contribution in [3.8, 4) is 0 Å². The maximum atomic E-state index is 9.05. The molecule has 15 heavy (non-hydrogen) atoms. The van der Waals surface area contributed by atoms with E-state index in [0.717, 1.165) is 19.3 Å². The second kappa shape index (κ2) is 8.02. The number of aliphatic hydroxyl groups is 1. The Morgan fingerprint density at radius 2 is 1.93 bits per heavy atom. The molecule has 1 atom stereocenters. The first kappa shape index (κ1) is 14.8. The Kier molecular flexibility index (Phi) is 7.92. The fourth-order valence-electron chi connectivity index (χ4n) is 2.04. The molecule has 0 heterocycles. The maximum Gasteiger partial charge on any atom is 0.0742 e. The van der Waals surface area contributed by atoms with E-state index in [1.54, 1.807) is 0 Å². The van der Waals surface area contributed by atoms with Gasteiger partial charge in [-0.2, -0.15) is 0 Å². The molecule has 0 aliphatic carbocycles. The van der Waals surface area contributed by atoms with Crippen molar-refractivity contribution in [1.82, 2.24) is 4.90 Å². The predicted molar refractivity (Wildman–Crippen MR) is 69.0 cm³/mol. The van der Waals surface area contributed by atoms with Gasteiger partial charge in [-0.25, -0.2) is 0 Å². The van der Waals surface area contributed by atoms with E-state index in [2.05, 4.69) is 25.7 Å². The lowest BCUT2D eigenvalue weighted by molar-refractivity contribution is 0.107. The van der Waals surface area contributed by atoms with E-state index < -0.39 is 0 Å². The highest BCUT2D eigenvalue weighted by atomic mass is 32.1. The maximum absolute atomic E-state index is 9.05. The number of rotatable bonds is 8. The molecule has 0 saturated heterocycles. The molecule has 3 N–H and O–H groups in total. The number of aliphatic hydroxyl groups excluding tert-OH is 1. The minimum atomic E-state index is 0.193.